The molecule has 0 saturated heterocycles. The molecule has 0 aliphatic carbocycles. The minimum Gasteiger partial charge on any atom is -0.395 e. The van der Waals surface area contributed by atoms with Crippen molar-refractivity contribution in [3.05, 3.63) is 71.9 Å². The van der Waals surface area contributed by atoms with E-state index in [2.05, 4.69) is 9.97 Å². The summed E-state index contributed by atoms with van der Waals surface area (Å²) in [7, 11) is 1.59. The molecule has 182 valence electrons. The van der Waals surface area contributed by atoms with Gasteiger partial charge in [0.25, 0.3) is 5.91 Å². The summed E-state index contributed by atoms with van der Waals surface area (Å²) in [5.74, 6) is -0.809. The lowest BCUT2D eigenvalue weighted by molar-refractivity contribution is -0.137. The smallest absolute Gasteiger partial charge is 0.395 e. The molecule has 4 aromatic rings. The molecule has 0 radical (unpaired) electrons. The van der Waals surface area contributed by atoms with Gasteiger partial charge in [-0.15, -0.1) is 0 Å². The Morgan fingerprint density at radius 3 is 2.46 bits per heavy atom. The highest BCUT2D eigenvalue weighted by atomic mass is 32.2. The first kappa shape index (κ1) is 24.7. The molecule has 35 heavy (non-hydrogen) atoms. The van der Waals surface area contributed by atoms with Gasteiger partial charge >= 0.3 is 6.18 Å². The Kier molecular flexibility index (Phi) is 6.82. The van der Waals surface area contributed by atoms with Crippen LogP contribution in [0.3, 0.4) is 0 Å². The molecule has 6 nitrogen and oxygen atoms in total. The number of rotatable bonds is 6. The zero-order valence-corrected chi connectivity index (χ0v) is 19.5. The maximum Gasteiger partial charge on any atom is 0.416 e. The first-order valence-electron chi connectivity index (χ1n) is 10.4. The molecule has 1 N–H and O–H groups in total. The maximum atomic E-state index is 14.3. The van der Waals surface area contributed by atoms with Crippen molar-refractivity contribution < 1.29 is 27.5 Å². The molecule has 0 spiro atoms. The number of aliphatic hydroxyl groups is 1. The van der Waals surface area contributed by atoms with Crippen molar-refractivity contribution in [2.75, 3.05) is 26.5 Å². The van der Waals surface area contributed by atoms with E-state index in [0.717, 1.165) is 17.6 Å². The number of carbonyl (C=O) groups is 1. The lowest BCUT2D eigenvalue weighted by Gasteiger charge is -2.15. The lowest BCUT2D eigenvalue weighted by atomic mass is 10.0. The molecule has 0 aliphatic rings. The van der Waals surface area contributed by atoms with E-state index in [9.17, 15) is 22.4 Å². The van der Waals surface area contributed by atoms with E-state index in [-0.39, 0.29) is 36.0 Å². The number of aromatic nitrogens is 3. The fourth-order valence-corrected chi connectivity index (χ4v) is 4.23. The Labute approximate surface area is 202 Å². The first-order valence-corrected chi connectivity index (χ1v) is 11.6. The second kappa shape index (κ2) is 9.67. The van der Waals surface area contributed by atoms with Crippen LogP contribution in [0.1, 0.15) is 15.9 Å². The van der Waals surface area contributed by atoms with Crippen LogP contribution in [0.5, 0.6) is 0 Å². The van der Waals surface area contributed by atoms with Gasteiger partial charge in [-0.1, -0.05) is 0 Å². The molecule has 2 aromatic carbocycles. The van der Waals surface area contributed by atoms with Gasteiger partial charge in [0.1, 0.15) is 5.82 Å². The number of benzene rings is 2. The molecular formula is C24H20F4N4O2S. The van der Waals surface area contributed by atoms with E-state index < -0.39 is 17.6 Å². The van der Waals surface area contributed by atoms with Crippen molar-refractivity contribution in [1.82, 2.24) is 18.8 Å². The first-order chi connectivity index (χ1) is 16.6. The van der Waals surface area contributed by atoms with E-state index in [1.807, 2.05) is 10.2 Å². The average Bonchev–Trinajstić information content (AvgIpc) is 3.21. The van der Waals surface area contributed by atoms with E-state index in [4.69, 9.17) is 5.11 Å². The molecule has 1 amide bonds. The van der Waals surface area contributed by atoms with Gasteiger partial charge < -0.3 is 10.0 Å². The number of halogens is 4. The predicted molar refractivity (Wildman–Crippen MR) is 126 cm³/mol. The van der Waals surface area contributed by atoms with Crippen molar-refractivity contribution >= 4 is 28.8 Å². The summed E-state index contributed by atoms with van der Waals surface area (Å²) in [5, 5.41) is 9.81. The van der Waals surface area contributed by atoms with Crippen LogP contribution in [0.4, 0.5) is 17.6 Å². The summed E-state index contributed by atoms with van der Waals surface area (Å²) < 4.78 is 55.4. The standard InChI is InChI=1S/C24H20F4N4O2S/c1-31(7-8-33)23(34)14-3-6-21-18(9-14)19(13-32(21)35-2)22-29-11-15(12-30-22)17-10-16(24(26,27)28)4-5-20(17)25/h3-6,9-13,33H,7-8H2,1-2H3. The van der Waals surface area contributed by atoms with Crippen molar-refractivity contribution in [2.24, 2.45) is 0 Å². The Balaban J connectivity index is 1.76. The van der Waals surface area contributed by atoms with Gasteiger partial charge in [-0.25, -0.2) is 14.4 Å². The van der Waals surface area contributed by atoms with Crippen molar-refractivity contribution in [1.29, 1.82) is 0 Å². The number of alkyl halides is 3. The monoisotopic (exact) mass is 504 g/mol. The Morgan fingerprint density at radius 2 is 1.83 bits per heavy atom. The Hall–Kier alpha value is -3.44. The predicted octanol–water partition coefficient (Wildman–Crippen LogP) is 5.11. The summed E-state index contributed by atoms with van der Waals surface area (Å²) in [6.45, 7) is 0.0253. The number of aliphatic hydroxyl groups excluding tert-OH is 1. The molecule has 2 aromatic heterocycles. The van der Waals surface area contributed by atoms with E-state index >= 15 is 0 Å². The van der Waals surface area contributed by atoms with Crippen LogP contribution in [0.15, 0.2) is 55.0 Å². The maximum absolute atomic E-state index is 14.3. The number of fused-ring (bicyclic) bond motifs is 1. The number of hydrogen-bond donors (Lipinski definition) is 1. The van der Waals surface area contributed by atoms with E-state index in [0.29, 0.717) is 22.6 Å². The molecule has 0 bridgehead atoms. The molecule has 2 heterocycles. The molecule has 0 unspecified atom stereocenters. The minimum atomic E-state index is -4.61. The molecule has 4 rings (SSSR count). The van der Waals surface area contributed by atoms with Gasteiger partial charge in [0.05, 0.1) is 17.7 Å². The summed E-state index contributed by atoms with van der Waals surface area (Å²) in [5.41, 5.74) is 0.709. The quantitative estimate of drug-likeness (QED) is 0.370. The van der Waals surface area contributed by atoms with Gasteiger partial charge in [0.2, 0.25) is 0 Å². The van der Waals surface area contributed by atoms with Gasteiger partial charge in [-0.05, 0) is 48.3 Å². The number of carbonyl (C=O) groups excluding carboxylic acids is 1. The lowest BCUT2D eigenvalue weighted by Crippen LogP contribution is -2.29. The van der Waals surface area contributed by atoms with Crippen LogP contribution in [-0.2, 0) is 6.18 Å². The molecule has 0 saturated carbocycles. The van der Waals surface area contributed by atoms with Crippen LogP contribution in [0.25, 0.3) is 33.4 Å². The topological polar surface area (TPSA) is 71.2 Å². The number of nitrogens with zero attached hydrogens (tertiary/aromatic N) is 4. The Morgan fingerprint density at radius 1 is 1.11 bits per heavy atom. The second-order valence-electron chi connectivity index (χ2n) is 7.72. The molecule has 0 aliphatic heterocycles. The summed E-state index contributed by atoms with van der Waals surface area (Å²) in [4.78, 5) is 22.7. The third-order valence-corrected chi connectivity index (χ3v) is 6.19. The largest absolute Gasteiger partial charge is 0.416 e. The Bertz CT molecular complexity index is 1390. The van der Waals surface area contributed by atoms with Gasteiger partial charge in [-0.3, -0.25) is 8.77 Å². The molecule has 0 atom stereocenters. The van der Waals surface area contributed by atoms with Crippen molar-refractivity contribution in [3.63, 3.8) is 0 Å². The zero-order chi connectivity index (χ0) is 25.3. The van der Waals surface area contributed by atoms with Crippen LogP contribution in [-0.4, -0.2) is 56.3 Å². The minimum absolute atomic E-state index is 0.104. The van der Waals surface area contributed by atoms with Gasteiger partial charge in [-0.2, -0.15) is 13.2 Å². The second-order valence-corrected chi connectivity index (χ2v) is 8.48. The number of amides is 1. The molecule has 11 heteroatoms. The SMILES string of the molecule is CSn1cc(-c2ncc(-c3cc(C(F)(F)F)ccc3F)cn2)c2cc(C(=O)N(C)CCO)ccc21. The molecular weight excluding hydrogens is 484 g/mol. The van der Waals surface area contributed by atoms with Gasteiger partial charge in [0, 0.05) is 66.1 Å². The van der Waals surface area contributed by atoms with Crippen LogP contribution < -0.4 is 0 Å². The number of hydrogen-bond acceptors (Lipinski definition) is 5. The number of likely N-dealkylation sites (N-methyl/N-ethyl adjacent to an activating group) is 1. The third-order valence-electron chi connectivity index (χ3n) is 5.49. The highest BCUT2D eigenvalue weighted by Gasteiger charge is 2.31. The fourth-order valence-electron chi connectivity index (χ4n) is 3.66. The van der Waals surface area contributed by atoms with Crippen LogP contribution >= 0.6 is 11.9 Å². The van der Waals surface area contributed by atoms with Crippen molar-refractivity contribution in [2.45, 2.75) is 6.18 Å². The summed E-state index contributed by atoms with van der Waals surface area (Å²) >= 11 is 1.42. The van der Waals surface area contributed by atoms with Crippen LogP contribution in [0.2, 0.25) is 0 Å². The zero-order valence-electron chi connectivity index (χ0n) is 18.7. The fraction of sp³-hybridized carbons (Fsp3) is 0.208. The van der Waals surface area contributed by atoms with E-state index in [1.54, 1.807) is 31.4 Å². The normalized spacial score (nSPS) is 11.7. The van der Waals surface area contributed by atoms with Crippen molar-refractivity contribution in [3.8, 4) is 22.5 Å². The summed E-state index contributed by atoms with van der Waals surface area (Å²) in [6, 6.07) is 7.37. The van der Waals surface area contributed by atoms with Gasteiger partial charge in [0.15, 0.2) is 5.82 Å². The highest BCUT2D eigenvalue weighted by molar-refractivity contribution is 7.97. The molecule has 0 fully saturated rings. The third kappa shape index (κ3) is 4.87. The average molecular weight is 505 g/mol. The van der Waals surface area contributed by atoms with Crippen LogP contribution in [0, 0.1) is 5.82 Å². The van der Waals surface area contributed by atoms with E-state index in [1.165, 1.54) is 29.2 Å². The summed E-state index contributed by atoms with van der Waals surface area (Å²) in [6.07, 6.45) is 1.60. The highest BCUT2D eigenvalue weighted by Crippen LogP contribution is 2.35.